The van der Waals surface area contributed by atoms with Gasteiger partial charge in [-0.3, -0.25) is 5.32 Å². The van der Waals surface area contributed by atoms with Crippen LogP contribution in [0.1, 0.15) is 39.0 Å². The fourth-order valence-corrected chi connectivity index (χ4v) is 1.99. The van der Waals surface area contributed by atoms with Crippen molar-refractivity contribution in [3.8, 4) is 6.07 Å². The van der Waals surface area contributed by atoms with Crippen LogP contribution in [0.5, 0.6) is 0 Å². The second kappa shape index (κ2) is 10.1. The molecule has 20 heavy (non-hydrogen) atoms. The standard InChI is InChI=1S/C15H28N2O3/c1-15(13-16,17-14-5-6-14)7-3-9-19-11-12-20-10-4-8-18-2/h14,17H,3-12H2,1-2H3. The number of nitrogens with zero attached hydrogens (tertiary/aromatic N) is 1. The molecule has 1 atom stereocenters. The second-order valence-electron chi connectivity index (χ2n) is 5.54. The quantitative estimate of drug-likeness (QED) is 0.523. The predicted molar refractivity (Wildman–Crippen MR) is 77.5 cm³/mol. The fourth-order valence-electron chi connectivity index (χ4n) is 1.99. The van der Waals surface area contributed by atoms with E-state index in [4.69, 9.17) is 14.2 Å². The fraction of sp³-hybridized carbons (Fsp3) is 0.933. The molecule has 1 rings (SSSR count). The number of ether oxygens (including phenoxy) is 3. The van der Waals surface area contributed by atoms with Crippen LogP contribution in [-0.4, -0.2) is 51.7 Å². The Morgan fingerprint density at radius 1 is 1.10 bits per heavy atom. The first kappa shape index (κ1) is 17.4. The number of hydrogen-bond acceptors (Lipinski definition) is 5. The number of rotatable bonds is 13. The van der Waals surface area contributed by atoms with Crippen LogP contribution < -0.4 is 5.32 Å². The summed E-state index contributed by atoms with van der Waals surface area (Å²) in [6.45, 7) is 5.36. The molecule has 0 spiro atoms. The van der Waals surface area contributed by atoms with E-state index in [-0.39, 0.29) is 0 Å². The average Bonchev–Trinajstić information content (AvgIpc) is 3.25. The summed E-state index contributed by atoms with van der Waals surface area (Å²) in [5.41, 5.74) is -0.402. The lowest BCUT2D eigenvalue weighted by Crippen LogP contribution is -2.42. The van der Waals surface area contributed by atoms with Gasteiger partial charge in [0.15, 0.2) is 0 Å². The first-order valence-electron chi connectivity index (χ1n) is 7.53. The van der Waals surface area contributed by atoms with Crippen molar-refractivity contribution < 1.29 is 14.2 Å². The van der Waals surface area contributed by atoms with Crippen LogP contribution in [0.2, 0.25) is 0 Å². The van der Waals surface area contributed by atoms with E-state index in [0.29, 0.717) is 25.9 Å². The molecule has 0 aromatic heterocycles. The maximum atomic E-state index is 9.22. The van der Waals surface area contributed by atoms with E-state index < -0.39 is 5.54 Å². The van der Waals surface area contributed by atoms with Crippen molar-refractivity contribution in [3.63, 3.8) is 0 Å². The maximum absolute atomic E-state index is 9.22. The maximum Gasteiger partial charge on any atom is 0.104 e. The molecule has 0 heterocycles. The molecule has 0 aromatic rings. The van der Waals surface area contributed by atoms with Crippen LogP contribution in [0.15, 0.2) is 0 Å². The smallest absolute Gasteiger partial charge is 0.104 e. The van der Waals surface area contributed by atoms with Crippen LogP contribution in [0.25, 0.3) is 0 Å². The first-order valence-corrected chi connectivity index (χ1v) is 7.53. The molecule has 0 aliphatic heterocycles. The highest BCUT2D eigenvalue weighted by molar-refractivity contribution is 5.06. The summed E-state index contributed by atoms with van der Waals surface area (Å²) in [5.74, 6) is 0. The van der Waals surface area contributed by atoms with E-state index >= 15 is 0 Å². The highest BCUT2D eigenvalue weighted by atomic mass is 16.5. The van der Waals surface area contributed by atoms with Gasteiger partial charge in [0, 0.05) is 33.0 Å². The zero-order valence-corrected chi connectivity index (χ0v) is 12.8. The highest BCUT2D eigenvalue weighted by Crippen LogP contribution is 2.24. The zero-order chi connectivity index (χ0) is 14.7. The van der Waals surface area contributed by atoms with Crippen LogP contribution in [-0.2, 0) is 14.2 Å². The highest BCUT2D eigenvalue weighted by Gasteiger charge is 2.31. The lowest BCUT2D eigenvalue weighted by Gasteiger charge is -2.23. The van der Waals surface area contributed by atoms with Crippen molar-refractivity contribution >= 4 is 0 Å². The molecule has 0 saturated heterocycles. The lowest BCUT2D eigenvalue weighted by molar-refractivity contribution is 0.0378. The molecule has 0 aromatic carbocycles. The molecular formula is C15H28N2O3. The van der Waals surface area contributed by atoms with Gasteiger partial charge in [-0.05, 0) is 39.0 Å². The first-order chi connectivity index (χ1) is 9.70. The molecule has 0 amide bonds. The van der Waals surface area contributed by atoms with Crippen molar-refractivity contribution in [2.24, 2.45) is 0 Å². The van der Waals surface area contributed by atoms with Crippen LogP contribution >= 0.6 is 0 Å². The van der Waals surface area contributed by atoms with Crippen molar-refractivity contribution in [1.82, 2.24) is 5.32 Å². The minimum absolute atomic E-state index is 0.402. The molecule has 1 aliphatic rings. The minimum atomic E-state index is -0.402. The summed E-state index contributed by atoms with van der Waals surface area (Å²) < 4.78 is 15.8. The summed E-state index contributed by atoms with van der Waals surface area (Å²) >= 11 is 0. The molecule has 5 nitrogen and oxygen atoms in total. The summed E-state index contributed by atoms with van der Waals surface area (Å²) in [4.78, 5) is 0. The van der Waals surface area contributed by atoms with E-state index in [1.165, 1.54) is 12.8 Å². The molecule has 5 heteroatoms. The Morgan fingerprint density at radius 3 is 2.30 bits per heavy atom. The molecule has 1 saturated carbocycles. The normalized spacial score (nSPS) is 17.6. The Morgan fingerprint density at radius 2 is 1.75 bits per heavy atom. The van der Waals surface area contributed by atoms with Gasteiger partial charge < -0.3 is 14.2 Å². The number of hydrogen-bond donors (Lipinski definition) is 1. The van der Waals surface area contributed by atoms with Crippen molar-refractivity contribution in [2.45, 2.75) is 50.6 Å². The van der Waals surface area contributed by atoms with Crippen molar-refractivity contribution in [2.75, 3.05) is 40.1 Å². The second-order valence-corrected chi connectivity index (χ2v) is 5.54. The number of nitriles is 1. The predicted octanol–water partition coefficient (Wildman–Crippen LogP) is 1.87. The minimum Gasteiger partial charge on any atom is -0.385 e. The molecule has 1 N–H and O–H groups in total. The van der Waals surface area contributed by atoms with Gasteiger partial charge >= 0.3 is 0 Å². The van der Waals surface area contributed by atoms with Crippen LogP contribution in [0, 0.1) is 11.3 Å². The van der Waals surface area contributed by atoms with Gasteiger partial charge in [0.2, 0.25) is 0 Å². The summed E-state index contributed by atoms with van der Waals surface area (Å²) in [6.07, 6.45) is 5.05. The van der Waals surface area contributed by atoms with Crippen molar-refractivity contribution in [1.29, 1.82) is 5.26 Å². The van der Waals surface area contributed by atoms with E-state index in [9.17, 15) is 5.26 Å². The topological polar surface area (TPSA) is 63.5 Å². The lowest BCUT2D eigenvalue weighted by atomic mass is 9.98. The third kappa shape index (κ3) is 8.49. The molecule has 1 aliphatic carbocycles. The molecule has 1 fully saturated rings. The van der Waals surface area contributed by atoms with Gasteiger partial charge in [0.1, 0.15) is 5.54 Å². The zero-order valence-electron chi connectivity index (χ0n) is 12.8. The third-order valence-electron chi connectivity index (χ3n) is 3.32. The number of nitrogens with one attached hydrogen (secondary N) is 1. The number of methoxy groups -OCH3 is 1. The van der Waals surface area contributed by atoms with Crippen LogP contribution in [0.4, 0.5) is 0 Å². The Hall–Kier alpha value is -0.670. The molecule has 1 unspecified atom stereocenters. The Kier molecular flexibility index (Phi) is 8.79. The van der Waals surface area contributed by atoms with Gasteiger partial charge in [0.05, 0.1) is 19.3 Å². The van der Waals surface area contributed by atoms with E-state index in [1.54, 1.807) is 7.11 Å². The van der Waals surface area contributed by atoms with Gasteiger partial charge in [-0.15, -0.1) is 0 Å². The summed E-state index contributed by atoms with van der Waals surface area (Å²) in [5, 5.41) is 12.6. The van der Waals surface area contributed by atoms with E-state index in [2.05, 4.69) is 11.4 Å². The van der Waals surface area contributed by atoms with Crippen LogP contribution in [0.3, 0.4) is 0 Å². The van der Waals surface area contributed by atoms with Gasteiger partial charge in [-0.25, -0.2) is 0 Å². The summed E-state index contributed by atoms with van der Waals surface area (Å²) in [7, 11) is 1.69. The van der Waals surface area contributed by atoms with Crippen molar-refractivity contribution in [3.05, 3.63) is 0 Å². The molecular weight excluding hydrogens is 256 g/mol. The molecule has 0 radical (unpaired) electrons. The Balaban J connectivity index is 1.89. The molecule has 0 bridgehead atoms. The molecule has 116 valence electrons. The van der Waals surface area contributed by atoms with Gasteiger partial charge in [-0.1, -0.05) is 0 Å². The Bertz CT molecular complexity index is 289. The van der Waals surface area contributed by atoms with E-state index in [1.807, 2.05) is 6.92 Å². The van der Waals surface area contributed by atoms with Gasteiger partial charge in [-0.2, -0.15) is 5.26 Å². The largest absolute Gasteiger partial charge is 0.385 e. The average molecular weight is 284 g/mol. The van der Waals surface area contributed by atoms with E-state index in [0.717, 1.165) is 32.5 Å². The third-order valence-corrected chi connectivity index (χ3v) is 3.32. The summed E-state index contributed by atoms with van der Waals surface area (Å²) in [6, 6.07) is 2.93. The monoisotopic (exact) mass is 284 g/mol. The Labute approximate surface area is 122 Å². The van der Waals surface area contributed by atoms with Gasteiger partial charge in [0.25, 0.3) is 0 Å². The SMILES string of the molecule is COCCCOCCOCCCC(C)(C#N)NC1CC1.